The van der Waals surface area contributed by atoms with Crippen LogP contribution in [0.1, 0.15) is 29.7 Å². The van der Waals surface area contributed by atoms with Gasteiger partial charge in [-0.1, -0.05) is 18.2 Å². The summed E-state index contributed by atoms with van der Waals surface area (Å²) in [6.45, 7) is 8.79. The minimum Gasteiger partial charge on any atom is -0.368 e. The molecule has 2 aliphatic rings. The van der Waals surface area contributed by atoms with E-state index in [1.54, 1.807) is 18.3 Å². The van der Waals surface area contributed by atoms with Gasteiger partial charge in [-0.3, -0.25) is 4.79 Å². The topological polar surface area (TPSA) is 53.7 Å². The number of anilines is 1. The van der Waals surface area contributed by atoms with E-state index in [1.165, 1.54) is 23.3 Å². The molecule has 2 aromatic carbocycles. The maximum Gasteiger partial charge on any atom is 0.234 e. The van der Waals surface area contributed by atoms with Crippen LogP contribution in [0.4, 0.5) is 15.9 Å². The second kappa shape index (κ2) is 8.46. The third kappa shape index (κ3) is 3.92. The Hall–Kier alpha value is -3.48. The molecule has 1 saturated heterocycles. The summed E-state index contributed by atoms with van der Waals surface area (Å²) in [5, 5.41) is 4.54. The lowest BCUT2D eigenvalue weighted by Gasteiger charge is -2.40. The van der Waals surface area contributed by atoms with E-state index >= 15 is 0 Å². The van der Waals surface area contributed by atoms with Gasteiger partial charge in [-0.15, -0.1) is 0 Å². The van der Waals surface area contributed by atoms with E-state index in [9.17, 15) is 9.18 Å². The molecule has 1 fully saturated rings. The van der Waals surface area contributed by atoms with Crippen molar-refractivity contribution < 1.29 is 9.18 Å². The fourth-order valence-electron chi connectivity index (χ4n) is 4.86. The fourth-order valence-corrected chi connectivity index (χ4v) is 4.86. The van der Waals surface area contributed by atoms with Crippen molar-refractivity contribution in [2.24, 2.45) is 10.9 Å². The third-order valence-corrected chi connectivity index (χ3v) is 6.89. The van der Waals surface area contributed by atoms with Gasteiger partial charge in [0.15, 0.2) is 5.82 Å². The minimum atomic E-state index is -0.406. The van der Waals surface area contributed by atoms with Crippen LogP contribution in [0.15, 0.2) is 59.7 Å². The first-order chi connectivity index (χ1) is 15.9. The zero-order valence-corrected chi connectivity index (χ0v) is 19.2. The van der Waals surface area contributed by atoms with Gasteiger partial charge >= 0.3 is 0 Å². The van der Waals surface area contributed by atoms with E-state index in [2.05, 4.69) is 42.0 Å². The molecule has 6 nitrogen and oxygen atoms in total. The second-order valence-corrected chi connectivity index (χ2v) is 8.94. The number of halogens is 1. The van der Waals surface area contributed by atoms with Gasteiger partial charge in [0.05, 0.1) is 12.2 Å². The Morgan fingerprint density at radius 1 is 0.939 bits per heavy atom. The van der Waals surface area contributed by atoms with Gasteiger partial charge in [0, 0.05) is 43.6 Å². The molecule has 3 heterocycles. The predicted octanol–water partition coefficient (Wildman–Crippen LogP) is 4.30. The number of hydrogen-bond acceptors (Lipinski definition) is 4. The van der Waals surface area contributed by atoms with E-state index in [0.717, 1.165) is 22.8 Å². The summed E-state index contributed by atoms with van der Waals surface area (Å²) in [4.78, 5) is 22.7. The quantitative estimate of drug-likeness (QED) is 0.604. The summed E-state index contributed by atoms with van der Waals surface area (Å²) in [7, 11) is 0. The number of nitrogens with zero attached hydrogens (tertiary/aromatic N) is 5. The normalized spacial score (nSPS) is 20.4. The molecular formula is C26H28FN5O. The smallest absolute Gasteiger partial charge is 0.234 e. The molecular weight excluding hydrogens is 417 g/mol. The Balaban J connectivity index is 1.41. The van der Waals surface area contributed by atoms with Crippen molar-refractivity contribution in [1.82, 2.24) is 14.7 Å². The first kappa shape index (κ1) is 21.4. The molecule has 2 unspecified atom stereocenters. The number of rotatable bonds is 3. The summed E-state index contributed by atoms with van der Waals surface area (Å²) >= 11 is 0. The van der Waals surface area contributed by atoms with Gasteiger partial charge in [-0.2, -0.15) is 5.10 Å². The van der Waals surface area contributed by atoms with Crippen molar-refractivity contribution in [3.8, 4) is 0 Å². The third-order valence-electron chi connectivity index (χ3n) is 6.89. The highest BCUT2D eigenvalue weighted by atomic mass is 19.1. The van der Waals surface area contributed by atoms with Crippen LogP contribution < -0.4 is 4.90 Å². The van der Waals surface area contributed by atoms with E-state index in [4.69, 9.17) is 4.99 Å². The molecule has 1 amide bonds. The number of aliphatic imine (C=N–C) groups is 1. The maximum atomic E-state index is 13.9. The van der Waals surface area contributed by atoms with Crippen molar-refractivity contribution in [2.45, 2.75) is 26.8 Å². The number of fused-ring (bicyclic) bond motifs is 1. The van der Waals surface area contributed by atoms with Gasteiger partial charge in [0.2, 0.25) is 5.91 Å². The predicted molar refractivity (Wildman–Crippen MR) is 128 cm³/mol. The summed E-state index contributed by atoms with van der Waals surface area (Å²) < 4.78 is 15.2. The first-order valence-electron chi connectivity index (χ1n) is 11.4. The van der Waals surface area contributed by atoms with Crippen molar-refractivity contribution in [3.05, 3.63) is 77.2 Å². The molecule has 2 aliphatic heterocycles. The Morgan fingerprint density at radius 3 is 2.36 bits per heavy atom. The lowest BCUT2D eigenvalue weighted by Crippen LogP contribution is -2.53. The minimum absolute atomic E-state index is 0.0828. The molecule has 3 aromatic rings. The molecule has 0 N–H and O–H groups in total. The van der Waals surface area contributed by atoms with E-state index in [0.29, 0.717) is 26.2 Å². The van der Waals surface area contributed by atoms with Gasteiger partial charge < -0.3 is 9.80 Å². The number of piperazine rings is 1. The van der Waals surface area contributed by atoms with Gasteiger partial charge in [0.1, 0.15) is 11.7 Å². The van der Waals surface area contributed by atoms with Crippen LogP contribution in [0.2, 0.25) is 0 Å². The highest BCUT2D eigenvalue weighted by Gasteiger charge is 2.40. The second-order valence-electron chi connectivity index (χ2n) is 8.94. The van der Waals surface area contributed by atoms with Crippen molar-refractivity contribution in [2.75, 3.05) is 31.1 Å². The van der Waals surface area contributed by atoms with E-state index in [-0.39, 0.29) is 17.8 Å². The number of carbonyl (C=O) groups excluding carboxylic acids is 1. The van der Waals surface area contributed by atoms with Crippen LogP contribution >= 0.6 is 0 Å². The Labute approximate surface area is 193 Å². The van der Waals surface area contributed by atoms with Crippen LogP contribution in [0.25, 0.3) is 0 Å². The summed E-state index contributed by atoms with van der Waals surface area (Å²) in [6.07, 6.45) is 1.74. The average Bonchev–Trinajstić information content (AvgIpc) is 3.28. The zero-order valence-electron chi connectivity index (χ0n) is 19.2. The number of carbonyl (C=O) groups is 1. The van der Waals surface area contributed by atoms with Crippen LogP contribution in [-0.2, 0) is 4.79 Å². The highest BCUT2D eigenvalue weighted by molar-refractivity contribution is 6.05. The van der Waals surface area contributed by atoms with Gasteiger partial charge in [-0.05, 0) is 61.7 Å². The number of benzene rings is 2. The Morgan fingerprint density at radius 2 is 1.67 bits per heavy atom. The van der Waals surface area contributed by atoms with Crippen LogP contribution in [-0.4, -0.2) is 52.5 Å². The van der Waals surface area contributed by atoms with Crippen LogP contribution in [0.3, 0.4) is 0 Å². The molecule has 170 valence electrons. The van der Waals surface area contributed by atoms with Gasteiger partial charge in [0.25, 0.3) is 0 Å². The van der Waals surface area contributed by atoms with Crippen LogP contribution in [0, 0.1) is 25.6 Å². The van der Waals surface area contributed by atoms with Crippen molar-refractivity contribution in [3.63, 3.8) is 0 Å². The Bertz CT molecular complexity index is 1210. The molecule has 0 spiro atoms. The summed E-state index contributed by atoms with van der Waals surface area (Å²) in [5.74, 6) is 0.215. The molecule has 2 atom stereocenters. The molecule has 7 heteroatoms. The molecule has 0 radical (unpaired) electrons. The largest absolute Gasteiger partial charge is 0.368 e. The first-order valence-corrected chi connectivity index (χ1v) is 11.4. The number of aryl methyl sites for hydroxylation is 2. The van der Waals surface area contributed by atoms with Crippen LogP contribution in [0.5, 0.6) is 0 Å². The molecule has 5 rings (SSSR count). The van der Waals surface area contributed by atoms with Gasteiger partial charge in [-0.25, -0.2) is 14.1 Å². The standard InChI is InChI=1S/C26H28FN5O/c1-17-4-5-20(16-18(17)2)25-24(19(3)29-23-10-11-28-32(23)25)26(33)31-14-12-30(13-15-31)22-8-6-21(27)7-9-22/h4-11,16,24-25H,12-15H2,1-3H3. The fraction of sp³-hybridized carbons (Fsp3) is 0.346. The summed E-state index contributed by atoms with van der Waals surface area (Å²) in [6, 6.07) is 14.6. The highest BCUT2D eigenvalue weighted by Crippen LogP contribution is 2.37. The SMILES string of the molecule is CC1=Nc2ccnn2C(c2ccc(C)c(C)c2)C1C(=O)N1CCN(c2ccc(F)cc2)CC1. The lowest BCUT2D eigenvalue weighted by molar-refractivity contribution is -0.134. The Kier molecular flexibility index (Phi) is 5.48. The monoisotopic (exact) mass is 445 g/mol. The number of hydrogen-bond donors (Lipinski definition) is 0. The molecule has 1 aromatic heterocycles. The molecule has 0 bridgehead atoms. The average molecular weight is 446 g/mol. The van der Waals surface area contributed by atoms with E-state index < -0.39 is 5.92 Å². The zero-order chi connectivity index (χ0) is 23.1. The summed E-state index contributed by atoms with van der Waals surface area (Å²) in [5.41, 5.74) is 5.28. The van der Waals surface area contributed by atoms with Crippen molar-refractivity contribution >= 4 is 23.1 Å². The number of amides is 1. The molecule has 0 aliphatic carbocycles. The molecule has 0 saturated carbocycles. The number of aromatic nitrogens is 2. The maximum absolute atomic E-state index is 13.9. The van der Waals surface area contributed by atoms with E-state index in [1.807, 2.05) is 22.6 Å². The van der Waals surface area contributed by atoms with Crippen molar-refractivity contribution in [1.29, 1.82) is 0 Å². The lowest BCUT2D eigenvalue weighted by atomic mass is 9.86. The molecule has 33 heavy (non-hydrogen) atoms.